The molecule has 376 valence electrons. The van der Waals surface area contributed by atoms with Gasteiger partial charge in [0, 0.05) is 63.6 Å². The first kappa shape index (κ1) is 49.2. The molecule has 0 saturated heterocycles. The van der Waals surface area contributed by atoms with Gasteiger partial charge in [-0.05, 0) is 103 Å². The van der Waals surface area contributed by atoms with E-state index in [1.807, 2.05) is 122 Å². The number of amides is 2. The maximum atomic E-state index is 17.1. The number of rotatable bonds is 11. The molecule has 5 atom stereocenters. The minimum Gasteiger partial charge on any atom is -0.466 e. The van der Waals surface area contributed by atoms with Crippen LogP contribution in [0.1, 0.15) is 54.1 Å². The normalized spacial score (nSPS) is 22.1. The fourth-order valence-electron chi connectivity index (χ4n) is 12.5. The molecular formula is C61H50Cl2N4O8. The van der Waals surface area contributed by atoms with Crippen LogP contribution in [0.5, 0.6) is 0 Å². The lowest BCUT2D eigenvalue weighted by Gasteiger charge is -2.61. The van der Waals surface area contributed by atoms with Gasteiger partial charge in [-0.2, -0.15) is 0 Å². The average molecular weight is 1040 g/mol. The van der Waals surface area contributed by atoms with Crippen LogP contribution in [-0.2, 0) is 52.6 Å². The molecule has 0 saturated carbocycles. The van der Waals surface area contributed by atoms with Crippen molar-refractivity contribution < 1.29 is 38.2 Å². The van der Waals surface area contributed by atoms with Crippen molar-refractivity contribution in [2.45, 2.75) is 43.8 Å². The number of carbonyl (C=O) groups is 6. The van der Waals surface area contributed by atoms with Crippen LogP contribution in [0, 0.1) is 25.7 Å². The fraction of sp³-hybridized carbons (Fsp3) is 0.213. The van der Waals surface area contributed by atoms with Crippen molar-refractivity contribution >= 4 is 69.9 Å². The fourth-order valence-corrected chi connectivity index (χ4v) is 12.7. The number of hydrogen-bond acceptors (Lipinski definition) is 10. The number of anilines is 2. The molecule has 1 aliphatic carbocycles. The SMILES string of the molecule is COC(=O)C1=C(C(=O)OC)N2C(=C3C(N(C)C)=CC2C2(C(=O)N(Cc4ccccc4)c4ccc(C)cc42)C3C(=O)c2ccc(Cl)cc2)C2(C(=O)N(Cc3ccccc3)c3ccc(C)cc32)C1C(=O)c1ccc(Cl)cc1. The lowest BCUT2D eigenvalue weighted by Crippen LogP contribution is -2.71. The molecule has 14 heteroatoms. The lowest BCUT2D eigenvalue weighted by atomic mass is 9.50. The van der Waals surface area contributed by atoms with Gasteiger partial charge in [0.05, 0.1) is 50.8 Å². The number of esters is 2. The van der Waals surface area contributed by atoms with Crippen molar-refractivity contribution in [3.05, 3.63) is 234 Å². The third-order valence-electron chi connectivity index (χ3n) is 15.5. The zero-order chi connectivity index (χ0) is 52.8. The summed E-state index contributed by atoms with van der Waals surface area (Å²) in [7, 11) is 5.90. The van der Waals surface area contributed by atoms with Crippen molar-refractivity contribution in [2.75, 3.05) is 38.1 Å². The van der Waals surface area contributed by atoms with Crippen LogP contribution in [0.4, 0.5) is 11.4 Å². The summed E-state index contributed by atoms with van der Waals surface area (Å²) < 4.78 is 11.3. The number of hydrogen-bond donors (Lipinski definition) is 0. The molecule has 6 aliphatic rings. The number of methoxy groups -OCH3 is 2. The van der Waals surface area contributed by atoms with Crippen LogP contribution >= 0.6 is 23.2 Å². The van der Waals surface area contributed by atoms with Gasteiger partial charge in [0.1, 0.15) is 16.5 Å². The summed E-state index contributed by atoms with van der Waals surface area (Å²) in [4.78, 5) is 104. The molecule has 12 nitrogen and oxygen atoms in total. The Morgan fingerprint density at radius 1 is 0.600 bits per heavy atom. The number of nitrogens with zero attached hydrogens (tertiary/aromatic N) is 4. The van der Waals surface area contributed by atoms with Crippen molar-refractivity contribution in [3.8, 4) is 0 Å². The molecule has 2 amide bonds. The number of likely N-dealkylation sites (N-methyl/N-ethyl adjacent to an activating group) is 1. The van der Waals surface area contributed by atoms with Crippen molar-refractivity contribution in [2.24, 2.45) is 11.8 Å². The second-order valence-electron chi connectivity index (χ2n) is 19.8. The Morgan fingerprint density at radius 2 is 1.08 bits per heavy atom. The van der Waals surface area contributed by atoms with E-state index in [1.54, 1.807) is 53.1 Å². The summed E-state index contributed by atoms with van der Waals surface area (Å²) in [6.45, 7) is 3.90. The van der Waals surface area contributed by atoms with Gasteiger partial charge in [-0.25, -0.2) is 9.59 Å². The van der Waals surface area contributed by atoms with E-state index in [2.05, 4.69) is 0 Å². The Hall–Kier alpha value is -8.06. The van der Waals surface area contributed by atoms with Crippen LogP contribution in [0.3, 0.4) is 0 Å². The van der Waals surface area contributed by atoms with Gasteiger partial charge in [-0.15, -0.1) is 0 Å². The largest absolute Gasteiger partial charge is 0.466 e. The molecule has 0 fully saturated rings. The molecule has 2 bridgehead atoms. The summed E-state index contributed by atoms with van der Waals surface area (Å²) in [5.74, 6) is -7.74. The third-order valence-corrected chi connectivity index (χ3v) is 16.0. The molecule has 5 unspecified atom stereocenters. The van der Waals surface area contributed by atoms with E-state index < -0.39 is 75.3 Å². The van der Waals surface area contributed by atoms with Crippen LogP contribution in [-0.4, -0.2) is 79.5 Å². The quantitative estimate of drug-likeness (QED) is 0.0912. The maximum Gasteiger partial charge on any atom is 0.355 e. The van der Waals surface area contributed by atoms with Crippen molar-refractivity contribution in [3.63, 3.8) is 0 Å². The maximum absolute atomic E-state index is 17.1. The third kappa shape index (κ3) is 7.17. The number of carbonyl (C=O) groups excluding carboxylic acids is 6. The number of allylic oxidation sites excluding steroid dienone is 1. The van der Waals surface area contributed by atoms with E-state index in [0.717, 1.165) is 30.9 Å². The highest BCUT2D eigenvalue weighted by atomic mass is 35.5. The first-order valence-corrected chi connectivity index (χ1v) is 25.2. The van der Waals surface area contributed by atoms with E-state index in [4.69, 9.17) is 32.7 Å². The van der Waals surface area contributed by atoms with E-state index in [0.29, 0.717) is 43.8 Å². The van der Waals surface area contributed by atoms with E-state index >= 15 is 28.8 Å². The van der Waals surface area contributed by atoms with Gasteiger partial charge in [-0.3, -0.25) is 19.2 Å². The predicted molar refractivity (Wildman–Crippen MR) is 285 cm³/mol. The molecule has 6 aromatic carbocycles. The smallest absolute Gasteiger partial charge is 0.355 e. The minimum atomic E-state index is -2.27. The Balaban J connectivity index is 1.36. The molecule has 0 aromatic heterocycles. The van der Waals surface area contributed by atoms with E-state index in [-0.39, 0.29) is 35.5 Å². The topological polar surface area (TPSA) is 134 Å². The number of aryl methyl sites for hydroxylation is 2. The minimum absolute atomic E-state index is 0.0273. The summed E-state index contributed by atoms with van der Waals surface area (Å²) in [6, 6.07) is 41.2. The number of ketones is 2. The van der Waals surface area contributed by atoms with E-state index in [9.17, 15) is 0 Å². The first-order chi connectivity index (χ1) is 36.1. The van der Waals surface area contributed by atoms with Gasteiger partial charge >= 0.3 is 11.9 Å². The highest BCUT2D eigenvalue weighted by Gasteiger charge is 2.76. The number of ether oxygens (including phenoxy) is 2. The van der Waals surface area contributed by atoms with Crippen LogP contribution in [0.25, 0.3) is 0 Å². The zero-order valence-corrected chi connectivity index (χ0v) is 43.4. The lowest BCUT2D eigenvalue weighted by molar-refractivity contribution is -0.143. The summed E-state index contributed by atoms with van der Waals surface area (Å²) in [6.07, 6.45) is 1.84. The molecular weight excluding hydrogens is 988 g/mol. The Labute approximate surface area is 444 Å². The van der Waals surface area contributed by atoms with Crippen LogP contribution in [0.2, 0.25) is 10.0 Å². The average Bonchev–Trinajstić information content (AvgIpc) is 4.02. The molecule has 75 heavy (non-hydrogen) atoms. The predicted octanol–water partition coefficient (Wildman–Crippen LogP) is 9.89. The Bertz CT molecular complexity index is 3540. The molecule has 5 heterocycles. The Kier molecular flexibility index (Phi) is 12.1. The molecule has 12 rings (SSSR count). The van der Waals surface area contributed by atoms with Gasteiger partial charge in [-0.1, -0.05) is 119 Å². The summed E-state index contributed by atoms with van der Waals surface area (Å²) in [5, 5.41) is 0.699. The van der Waals surface area contributed by atoms with Gasteiger partial charge in [0.2, 0.25) is 11.8 Å². The van der Waals surface area contributed by atoms with Gasteiger partial charge in [0.25, 0.3) is 0 Å². The number of halogens is 2. The molecule has 6 aromatic rings. The highest BCUT2D eigenvalue weighted by Crippen LogP contribution is 2.68. The molecule has 2 spiro atoms. The second-order valence-corrected chi connectivity index (χ2v) is 20.7. The van der Waals surface area contributed by atoms with Crippen molar-refractivity contribution in [1.29, 1.82) is 0 Å². The number of fused-ring (bicyclic) bond motifs is 3. The number of Topliss-reactive ketones (excluding diaryl/α,β-unsaturated/α-hetero) is 2. The zero-order valence-electron chi connectivity index (χ0n) is 41.9. The first-order valence-electron chi connectivity index (χ1n) is 24.5. The molecule has 0 N–H and O–H groups in total. The molecule has 5 aliphatic heterocycles. The summed E-state index contributed by atoms with van der Waals surface area (Å²) >= 11 is 13.0. The van der Waals surface area contributed by atoms with Gasteiger partial charge in [0.15, 0.2) is 11.6 Å². The van der Waals surface area contributed by atoms with E-state index in [1.165, 1.54) is 24.3 Å². The van der Waals surface area contributed by atoms with Crippen LogP contribution < -0.4 is 9.80 Å². The monoisotopic (exact) mass is 1040 g/mol. The summed E-state index contributed by atoms with van der Waals surface area (Å²) in [5.41, 5.74) is 0.794. The van der Waals surface area contributed by atoms with Crippen LogP contribution in [0.15, 0.2) is 180 Å². The van der Waals surface area contributed by atoms with Gasteiger partial charge < -0.3 is 29.1 Å². The Morgan fingerprint density at radius 3 is 1.59 bits per heavy atom. The second kappa shape index (κ2) is 18.4. The molecule has 0 radical (unpaired) electrons. The van der Waals surface area contributed by atoms with Crippen molar-refractivity contribution in [1.82, 2.24) is 9.80 Å². The highest BCUT2D eigenvalue weighted by molar-refractivity contribution is 6.31. The standard InChI is InChI=1S/C61H50Cl2N4O8/c1-34-17-27-44-42(29-34)60(58(72)65(44)32-36-13-9-7-10-14-36)47-31-46(64(3)4)48(50(60)53(68)38-19-23-40(62)24-20-38)55-61(43-30-35(2)18-28-45(43)66(59(61)73)33-37-15-11-8-12-16-37)51(54(69)39-21-25-41(63)26-22-39)49(56(70)74-5)52(67(47)55)57(71)75-6/h7-31,47,50-51H,32-33H2,1-6H3. The number of benzene rings is 6.